The second-order valence-electron chi connectivity index (χ2n) is 14.6. The lowest BCUT2D eigenvalue weighted by molar-refractivity contribution is -0.132. The summed E-state index contributed by atoms with van der Waals surface area (Å²) >= 11 is 1.70. The zero-order chi connectivity index (χ0) is 43.3. The maximum Gasteiger partial charge on any atom is 0.254 e. The van der Waals surface area contributed by atoms with Gasteiger partial charge in [-0.15, -0.1) is 0 Å². The molecule has 1 fully saturated rings. The first-order chi connectivity index (χ1) is 29.5. The Hall–Kier alpha value is -6.55. The largest absolute Gasteiger partial charge is 0.489 e. The molecule has 15 heteroatoms. The monoisotopic (exact) mass is 844 g/mol. The number of aryl methyl sites for hydroxylation is 2. The van der Waals surface area contributed by atoms with Crippen molar-refractivity contribution in [3.63, 3.8) is 0 Å². The van der Waals surface area contributed by atoms with Crippen molar-refractivity contribution in [2.45, 2.75) is 46.4 Å². The number of benzene rings is 4. The van der Waals surface area contributed by atoms with Gasteiger partial charge < -0.3 is 19.7 Å². The van der Waals surface area contributed by atoms with Gasteiger partial charge in [-0.2, -0.15) is 11.8 Å². The van der Waals surface area contributed by atoms with Crippen molar-refractivity contribution in [3.05, 3.63) is 143 Å². The molecule has 7 rings (SSSR count). The molecule has 1 saturated heterocycles. The van der Waals surface area contributed by atoms with E-state index in [1.807, 2.05) is 74.5 Å². The van der Waals surface area contributed by atoms with Crippen LogP contribution in [0.4, 0.5) is 0 Å². The highest BCUT2D eigenvalue weighted by molar-refractivity contribution is 7.99. The summed E-state index contributed by atoms with van der Waals surface area (Å²) in [5.41, 5.74) is 10.1. The van der Waals surface area contributed by atoms with Crippen LogP contribution in [-0.2, 0) is 22.8 Å². The topological polar surface area (TPSA) is 192 Å². The predicted octanol–water partition coefficient (Wildman–Crippen LogP) is 6.57. The van der Waals surface area contributed by atoms with Gasteiger partial charge in [-0.1, -0.05) is 43.3 Å². The molecule has 61 heavy (non-hydrogen) atoms. The highest BCUT2D eigenvalue weighted by Crippen LogP contribution is 2.25. The van der Waals surface area contributed by atoms with Crippen LogP contribution in [0.1, 0.15) is 56.6 Å². The third-order valence-corrected chi connectivity index (χ3v) is 11.1. The number of carbonyl (C=O) groups is 4. The molecule has 0 saturated carbocycles. The standard InChI is InChI=1S/C24H25N3O4S.C22H23N3O4/c1-16-12-18(21-4-2-3-5-22(21)25-16)14-31-20-8-6-17(7-9-20)24(29)27-10-11-32-15-19(27)13-23(28)26-30;1-14(21(26)25-28)12-23-22(27)16-7-9-18(10-8-16)29-13-17-11-15(2)24-20-6-4-3-5-19(17)20/h2-9,12,19,30H,10-11,13-15H2,1H3,(H,26,28);3-11,14,28H,12-13H2,1-2H3,(H,23,27)(H,25,26). The van der Waals surface area contributed by atoms with Crippen molar-refractivity contribution >= 4 is 57.2 Å². The summed E-state index contributed by atoms with van der Waals surface area (Å²) in [6.45, 7) is 7.01. The fourth-order valence-electron chi connectivity index (χ4n) is 6.81. The van der Waals surface area contributed by atoms with Crippen molar-refractivity contribution in [3.8, 4) is 11.5 Å². The van der Waals surface area contributed by atoms with Crippen LogP contribution in [0, 0.1) is 19.8 Å². The molecule has 0 radical (unpaired) electrons. The van der Waals surface area contributed by atoms with Crippen molar-refractivity contribution in [2.75, 3.05) is 24.6 Å². The van der Waals surface area contributed by atoms with Crippen LogP contribution in [0.25, 0.3) is 21.8 Å². The van der Waals surface area contributed by atoms with Crippen molar-refractivity contribution in [1.29, 1.82) is 0 Å². The van der Waals surface area contributed by atoms with E-state index in [0.29, 0.717) is 48.1 Å². The molecule has 4 amide bonds. The number of hydrogen-bond donors (Lipinski definition) is 5. The van der Waals surface area contributed by atoms with Crippen molar-refractivity contribution in [1.82, 2.24) is 31.1 Å². The molecular weight excluding hydrogens is 797 g/mol. The maximum absolute atomic E-state index is 13.0. The molecule has 2 aromatic heterocycles. The number of ether oxygens (including phenoxy) is 2. The molecule has 0 bridgehead atoms. The van der Waals surface area contributed by atoms with Crippen LogP contribution in [0.15, 0.2) is 109 Å². The molecule has 2 unspecified atom stereocenters. The third-order valence-electron chi connectivity index (χ3n) is 10.0. The fraction of sp³-hybridized carbons (Fsp3) is 0.261. The molecule has 316 valence electrons. The Morgan fingerprint density at radius 1 is 0.754 bits per heavy atom. The average Bonchev–Trinajstić information content (AvgIpc) is 3.29. The summed E-state index contributed by atoms with van der Waals surface area (Å²) in [5.74, 6) is 0.811. The number of thioether (sulfide) groups is 1. The van der Waals surface area contributed by atoms with E-state index in [0.717, 1.165) is 50.1 Å². The maximum atomic E-state index is 13.0. The Bertz CT molecular complexity index is 2480. The number of hydroxylamine groups is 2. The Balaban J connectivity index is 0.000000205. The fourth-order valence-corrected chi connectivity index (χ4v) is 7.88. The van der Waals surface area contributed by atoms with E-state index in [9.17, 15) is 19.2 Å². The van der Waals surface area contributed by atoms with Gasteiger partial charge in [-0.3, -0.25) is 39.6 Å². The van der Waals surface area contributed by atoms with E-state index >= 15 is 0 Å². The lowest BCUT2D eigenvalue weighted by Crippen LogP contribution is -2.48. The van der Waals surface area contributed by atoms with Gasteiger partial charge in [0.1, 0.15) is 24.7 Å². The minimum atomic E-state index is -0.548. The minimum absolute atomic E-state index is 0.0791. The van der Waals surface area contributed by atoms with Crippen LogP contribution < -0.4 is 25.8 Å². The number of para-hydroxylation sites is 2. The van der Waals surface area contributed by atoms with Gasteiger partial charge in [-0.25, -0.2) is 11.0 Å². The van der Waals surface area contributed by atoms with E-state index in [-0.39, 0.29) is 30.8 Å². The minimum Gasteiger partial charge on any atom is -0.489 e. The number of rotatable bonds is 13. The number of pyridine rings is 2. The molecule has 3 heterocycles. The number of amides is 4. The quantitative estimate of drug-likeness (QED) is 0.0624. The molecule has 6 aromatic rings. The molecule has 2 atom stereocenters. The van der Waals surface area contributed by atoms with Crippen LogP contribution in [0.3, 0.4) is 0 Å². The highest BCUT2D eigenvalue weighted by atomic mass is 32.2. The van der Waals surface area contributed by atoms with Crippen LogP contribution >= 0.6 is 11.8 Å². The Labute approximate surface area is 357 Å². The zero-order valence-electron chi connectivity index (χ0n) is 34.1. The SMILES string of the molecule is Cc1cc(COc2ccc(C(=O)N3CCSCC3CC(=O)NO)cc2)c2ccccc2n1.Cc1cc(COc2ccc(C(=O)NCC(C)C(=O)NO)cc2)c2ccccc2n1. The summed E-state index contributed by atoms with van der Waals surface area (Å²) < 4.78 is 11.9. The lowest BCUT2D eigenvalue weighted by Gasteiger charge is -2.35. The van der Waals surface area contributed by atoms with Gasteiger partial charge in [0.2, 0.25) is 11.8 Å². The first kappa shape index (κ1) is 44.0. The van der Waals surface area contributed by atoms with Crippen LogP contribution in [0.2, 0.25) is 0 Å². The van der Waals surface area contributed by atoms with E-state index in [1.54, 1.807) is 83.1 Å². The molecule has 0 spiro atoms. The highest BCUT2D eigenvalue weighted by Gasteiger charge is 2.29. The summed E-state index contributed by atoms with van der Waals surface area (Å²) in [6.07, 6.45) is 0.0791. The third kappa shape index (κ3) is 11.8. The van der Waals surface area contributed by atoms with Gasteiger partial charge in [-0.05, 0) is 86.6 Å². The van der Waals surface area contributed by atoms with E-state index in [1.165, 1.54) is 0 Å². The molecule has 14 nitrogen and oxygen atoms in total. The number of hydrogen-bond acceptors (Lipinski definition) is 11. The van der Waals surface area contributed by atoms with Gasteiger partial charge in [0.15, 0.2) is 0 Å². The second-order valence-corrected chi connectivity index (χ2v) is 15.7. The molecule has 1 aliphatic heterocycles. The van der Waals surface area contributed by atoms with Gasteiger partial charge in [0, 0.05) is 81.5 Å². The molecule has 5 N–H and O–H groups in total. The Morgan fingerprint density at radius 3 is 1.80 bits per heavy atom. The number of nitrogens with zero attached hydrogens (tertiary/aromatic N) is 3. The number of nitrogens with one attached hydrogen (secondary N) is 3. The average molecular weight is 845 g/mol. The van der Waals surface area contributed by atoms with Crippen LogP contribution in [-0.4, -0.2) is 79.5 Å². The molecule has 1 aliphatic rings. The van der Waals surface area contributed by atoms with E-state index in [2.05, 4.69) is 15.3 Å². The van der Waals surface area contributed by atoms with Gasteiger partial charge in [0.05, 0.1) is 17.0 Å². The van der Waals surface area contributed by atoms with Gasteiger partial charge in [0.25, 0.3) is 11.8 Å². The molecular formula is C46H48N6O8S. The summed E-state index contributed by atoms with van der Waals surface area (Å²) in [7, 11) is 0. The smallest absolute Gasteiger partial charge is 0.254 e. The summed E-state index contributed by atoms with van der Waals surface area (Å²) in [6, 6.07) is 33.6. The summed E-state index contributed by atoms with van der Waals surface area (Å²) in [4.78, 5) is 58.9. The lowest BCUT2D eigenvalue weighted by atomic mass is 10.1. The number of aromatic nitrogens is 2. The van der Waals surface area contributed by atoms with E-state index < -0.39 is 17.7 Å². The first-order valence-corrected chi connectivity index (χ1v) is 20.9. The Kier molecular flexibility index (Phi) is 15.2. The zero-order valence-corrected chi connectivity index (χ0v) is 34.9. The van der Waals surface area contributed by atoms with Gasteiger partial charge >= 0.3 is 0 Å². The summed E-state index contributed by atoms with van der Waals surface area (Å²) in [5, 5.41) is 22.2. The number of fused-ring (bicyclic) bond motifs is 2. The van der Waals surface area contributed by atoms with Crippen molar-refractivity contribution in [2.24, 2.45) is 5.92 Å². The first-order valence-electron chi connectivity index (χ1n) is 19.7. The normalized spacial score (nSPS) is 14.0. The molecule has 4 aromatic carbocycles. The Morgan fingerprint density at radius 2 is 1.28 bits per heavy atom. The molecule has 0 aliphatic carbocycles. The van der Waals surface area contributed by atoms with Crippen LogP contribution in [0.5, 0.6) is 11.5 Å². The van der Waals surface area contributed by atoms with Crippen molar-refractivity contribution < 1.29 is 39.1 Å². The predicted molar refractivity (Wildman–Crippen MR) is 233 cm³/mol. The second kappa shape index (κ2) is 21.1. The number of carbonyl (C=O) groups excluding carboxylic acids is 4. The van der Waals surface area contributed by atoms with E-state index in [4.69, 9.17) is 19.9 Å².